The van der Waals surface area contributed by atoms with Crippen LogP contribution in [-0.2, 0) is 19.0 Å². The van der Waals surface area contributed by atoms with Crippen molar-refractivity contribution in [2.75, 3.05) is 39.6 Å². The number of ether oxygens (including phenoxy) is 3. The minimum atomic E-state index is -0.137. The molecule has 0 fully saturated rings. The van der Waals surface area contributed by atoms with E-state index in [1.807, 2.05) is 20.8 Å². The maximum atomic E-state index is 11.5. The molecule has 0 heterocycles. The Bertz CT molecular complexity index is 278. The van der Waals surface area contributed by atoms with Gasteiger partial charge in [-0.1, -0.05) is 13.8 Å². The number of carbonyl (C=O) groups is 1. The summed E-state index contributed by atoms with van der Waals surface area (Å²) in [7, 11) is 0. The fraction of sp³-hybridized carbons (Fsp3) is 0.938. The lowest BCUT2D eigenvalue weighted by Gasteiger charge is -2.20. The molecule has 0 aliphatic heterocycles. The first kappa shape index (κ1) is 21.3. The highest BCUT2D eigenvalue weighted by atomic mass is 16.5. The van der Waals surface area contributed by atoms with E-state index in [1.54, 1.807) is 0 Å². The van der Waals surface area contributed by atoms with E-state index in [0.717, 1.165) is 13.0 Å². The molecule has 0 unspecified atom stereocenters. The number of nitrogens with one attached hydrogen (secondary N) is 2. The monoisotopic (exact) mass is 318 g/mol. The molecule has 0 aliphatic rings. The van der Waals surface area contributed by atoms with Crippen LogP contribution in [0, 0.1) is 5.92 Å². The number of carbonyl (C=O) groups excluding carboxylic acids is 1. The Kier molecular flexibility index (Phi) is 12.4. The zero-order valence-corrected chi connectivity index (χ0v) is 14.9. The van der Waals surface area contributed by atoms with Crippen LogP contribution in [-0.4, -0.2) is 51.1 Å². The Morgan fingerprint density at radius 2 is 1.41 bits per heavy atom. The predicted molar refractivity (Wildman–Crippen MR) is 87.6 cm³/mol. The molecule has 2 N–H and O–H groups in total. The van der Waals surface area contributed by atoms with Crippen molar-refractivity contribution in [2.24, 2.45) is 5.92 Å². The molecule has 1 amide bonds. The topological polar surface area (TPSA) is 68.8 Å². The highest BCUT2D eigenvalue weighted by Gasteiger charge is 2.10. The molecule has 0 saturated heterocycles. The number of hydrogen-bond donors (Lipinski definition) is 2. The van der Waals surface area contributed by atoms with E-state index in [1.165, 1.54) is 0 Å². The van der Waals surface area contributed by atoms with Gasteiger partial charge in [-0.2, -0.15) is 0 Å². The molecule has 0 atom stereocenters. The van der Waals surface area contributed by atoms with E-state index in [9.17, 15) is 4.79 Å². The largest absolute Gasteiger partial charge is 0.379 e. The molecular formula is C16H34N2O4. The Morgan fingerprint density at radius 1 is 0.909 bits per heavy atom. The van der Waals surface area contributed by atoms with E-state index in [4.69, 9.17) is 14.2 Å². The molecule has 0 bridgehead atoms. The molecule has 0 aromatic heterocycles. The number of amides is 1. The molecule has 132 valence electrons. The van der Waals surface area contributed by atoms with Crippen LogP contribution in [0.25, 0.3) is 0 Å². The second-order valence-electron chi connectivity index (χ2n) is 6.69. The highest BCUT2D eigenvalue weighted by Crippen LogP contribution is 1.98. The zero-order valence-electron chi connectivity index (χ0n) is 14.9. The first-order valence-corrected chi connectivity index (χ1v) is 8.10. The van der Waals surface area contributed by atoms with Crippen molar-refractivity contribution in [1.82, 2.24) is 10.9 Å². The third kappa shape index (κ3) is 17.4. The minimum absolute atomic E-state index is 0.0746. The molecule has 0 spiro atoms. The van der Waals surface area contributed by atoms with Gasteiger partial charge < -0.3 is 14.2 Å². The van der Waals surface area contributed by atoms with Gasteiger partial charge in [0.25, 0.3) is 0 Å². The maximum Gasteiger partial charge on any atom is 0.236 e. The van der Waals surface area contributed by atoms with Crippen molar-refractivity contribution in [3.8, 4) is 0 Å². The van der Waals surface area contributed by atoms with Crippen LogP contribution in [0.5, 0.6) is 0 Å². The van der Waals surface area contributed by atoms with Gasteiger partial charge in [-0.05, 0) is 33.1 Å². The SMILES string of the molecule is CC(C)CCOCCOCCOCCC(=O)NNC(C)(C)C. The van der Waals surface area contributed by atoms with Gasteiger partial charge in [0.05, 0.1) is 39.5 Å². The van der Waals surface area contributed by atoms with Crippen LogP contribution in [0.4, 0.5) is 0 Å². The van der Waals surface area contributed by atoms with Crippen molar-refractivity contribution >= 4 is 5.91 Å². The first-order chi connectivity index (χ1) is 10.3. The van der Waals surface area contributed by atoms with Crippen LogP contribution < -0.4 is 10.9 Å². The average Bonchev–Trinajstić information content (AvgIpc) is 2.41. The van der Waals surface area contributed by atoms with Crippen LogP contribution in [0.1, 0.15) is 47.5 Å². The quantitative estimate of drug-likeness (QED) is 0.401. The summed E-state index contributed by atoms with van der Waals surface area (Å²) in [5, 5.41) is 0. The third-order valence-electron chi connectivity index (χ3n) is 2.63. The fourth-order valence-electron chi connectivity index (χ4n) is 1.35. The molecule has 6 heteroatoms. The molecule has 0 aromatic rings. The normalized spacial score (nSPS) is 11.9. The number of hydrazine groups is 1. The standard InChI is InChI=1S/C16H34N2O4/c1-14(2)6-8-20-10-12-22-13-11-21-9-7-15(19)17-18-16(3,4)5/h14,18H,6-13H2,1-5H3,(H,17,19). The Hall–Kier alpha value is -0.690. The minimum Gasteiger partial charge on any atom is -0.379 e. The number of hydrogen-bond acceptors (Lipinski definition) is 5. The molecule has 0 radical (unpaired) electrons. The summed E-state index contributed by atoms with van der Waals surface area (Å²) < 4.78 is 16.2. The van der Waals surface area contributed by atoms with Gasteiger partial charge in [-0.15, -0.1) is 0 Å². The third-order valence-corrected chi connectivity index (χ3v) is 2.63. The summed E-state index contributed by atoms with van der Waals surface area (Å²) in [5.41, 5.74) is 5.43. The molecular weight excluding hydrogens is 284 g/mol. The lowest BCUT2D eigenvalue weighted by Crippen LogP contribution is -2.48. The summed E-state index contributed by atoms with van der Waals surface area (Å²) in [6.07, 6.45) is 1.41. The average molecular weight is 318 g/mol. The summed E-state index contributed by atoms with van der Waals surface area (Å²) in [6, 6.07) is 0. The fourth-order valence-corrected chi connectivity index (χ4v) is 1.35. The lowest BCUT2D eigenvalue weighted by atomic mass is 10.1. The molecule has 6 nitrogen and oxygen atoms in total. The van der Waals surface area contributed by atoms with E-state index in [-0.39, 0.29) is 11.4 Å². The van der Waals surface area contributed by atoms with Crippen LogP contribution >= 0.6 is 0 Å². The summed E-state index contributed by atoms with van der Waals surface area (Å²) in [4.78, 5) is 11.5. The molecule has 0 aliphatic carbocycles. The van der Waals surface area contributed by atoms with Crippen LogP contribution in [0.15, 0.2) is 0 Å². The number of rotatable bonds is 13. The smallest absolute Gasteiger partial charge is 0.236 e. The lowest BCUT2D eigenvalue weighted by molar-refractivity contribution is -0.123. The van der Waals surface area contributed by atoms with Crippen molar-refractivity contribution < 1.29 is 19.0 Å². The first-order valence-electron chi connectivity index (χ1n) is 8.10. The summed E-state index contributed by atoms with van der Waals surface area (Å²) >= 11 is 0. The second kappa shape index (κ2) is 12.8. The van der Waals surface area contributed by atoms with E-state index < -0.39 is 0 Å². The van der Waals surface area contributed by atoms with Gasteiger partial charge in [0.1, 0.15) is 0 Å². The molecule has 0 saturated carbocycles. The van der Waals surface area contributed by atoms with E-state index >= 15 is 0 Å². The van der Waals surface area contributed by atoms with Crippen molar-refractivity contribution in [3.05, 3.63) is 0 Å². The van der Waals surface area contributed by atoms with Crippen molar-refractivity contribution in [3.63, 3.8) is 0 Å². The summed E-state index contributed by atoms with van der Waals surface area (Å²) in [5.74, 6) is 0.597. The molecule has 0 rings (SSSR count). The zero-order chi connectivity index (χ0) is 16.8. The van der Waals surface area contributed by atoms with Crippen molar-refractivity contribution in [2.45, 2.75) is 53.0 Å². The van der Waals surface area contributed by atoms with Gasteiger partial charge in [0.2, 0.25) is 5.91 Å². The van der Waals surface area contributed by atoms with Crippen molar-refractivity contribution in [1.29, 1.82) is 0 Å². The van der Waals surface area contributed by atoms with Crippen LogP contribution in [0.3, 0.4) is 0 Å². The maximum absolute atomic E-state index is 11.5. The Labute approximate surface area is 135 Å². The van der Waals surface area contributed by atoms with E-state index in [2.05, 4.69) is 24.7 Å². The van der Waals surface area contributed by atoms with Gasteiger partial charge in [-0.25, -0.2) is 5.43 Å². The van der Waals surface area contributed by atoms with Gasteiger partial charge in [0, 0.05) is 12.1 Å². The second-order valence-corrected chi connectivity index (χ2v) is 6.69. The van der Waals surface area contributed by atoms with Gasteiger partial charge >= 0.3 is 0 Å². The molecule has 22 heavy (non-hydrogen) atoms. The van der Waals surface area contributed by atoms with Crippen LogP contribution in [0.2, 0.25) is 0 Å². The Morgan fingerprint density at radius 3 is 1.91 bits per heavy atom. The Balaban J connectivity index is 3.22. The van der Waals surface area contributed by atoms with Gasteiger partial charge in [0.15, 0.2) is 0 Å². The molecule has 0 aromatic carbocycles. The highest BCUT2D eigenvalue weighted by molar-refractivity contribution is 5.75. The summed E-state index contributed by atoms with van der Waals surface area (Å²) in [6.45, 7) is 13.7. The van der Waals surface area contributed by atoms with Gasteiger partial charge in [-0.3, -0.25) is 10.2 Å². The van der Waals surface area contributed by atoms with E-state index in [0.29, 0.717) is 45.4 Å². The predicted octanol–water partition coefficient (Wildman–Crippen LogP) is 1.89.